The molecule has 0 bridgehead atoms. The highest BCUT2D eigenvalue weighted by Gasteiger charge is 2.29. The van der Waals surface area contributed by atoms with Gasteiger partial charge in [0.15, 0.2) is 0 Å². The summed E-state index contributed by atoms with van der Waals surface area (Å²) < 4.78 is 5.51. The van der Waals surface area contributed by atoms with E-state index in [1.807, 2.05) is 26.1 Å². The van der Waals surface area contributed by atoms with Gasteiger partial charge in [-0.05, 0) is 38.8 Å². The predicted octanol–water partition coefficient (Wildman–Crippen LogP) is 2.37. The van der Waals surface area contributed by atoms with Crippen LogP contribution in [-0.4, -0.2) is 23.7 Å². The molecule has 0 saturated heterocycles. The summed E-state index contributed by atoms with van der Waals surface area (Å²) in [6, 6.07) is 4.67. The standard InChI is InChI=1S/C12H18N2O/c1-3-15-12-6-11(7-12)14-10-5-4-9(2)13-8-10/h4-5,8,11-12,14H,3,6-7H2,1-2H3. The second-order valence-corrected chi connectivity index (χ2v) is 4.08. The molecule has 15 heavy (non-hydrogen) atoms. The number of anilines is 1. The molecule has 1 heterocycles. The Kier molecular flexibility index (Phi) is 3.21. The van der Waals surface area contributed by atoms with Gasteiger partial charge in [-0.1, -0.05) is 0 Å². The molecule has 1 N–H and O–H groups in total. The fraction of sp³-hybridized carbons (Fsp3) is 0.583. The minimum absolute atomic E-state index is 0.464. The lowest BCUT2D eigenvalue weighted by Gasteiger charge is -2.35. The van der Waals surface area contributed by atoms with Crippen LogP contribution in [0.2, 0.25) is 0 Å². The molecule has 1 aliphatic carbocycles. The van der Waals surface area contributed by atoms with Crippen molar-refractivity contribution in [2.45, 2.75) is 38.8 Å². The number of hydrogen-bond donors (Lipinski definition) is 1. The van der Waals surface area contributed by atoms with Gasteiger partial charge in [0.05, 0.1) is 18.0 Å². The van der Waals surface area contributed by atoms with Crippen LogP contribution in [0, 0.1) is 6.92 Å². The lowest BCUT2D eigenvalue weighted by atomic mass is 9.89. The maximum atomic E-state index is 5.51. The van der Waals surface area contributed by atoms with Crippen LogP contribution in [-0.2, 0) is 4.74 Å². The van der Waals surface area contributed by atoms with Gasteiger partial charge < -0.3 is 10.1 Å². The highest BCUT2D eigenvalue weighted by Crippen LogP contribution is 2.26. The van der Waals surface area contributed by atoms with Crippen molar-refractivity contribution in [3.8, 4) is 0 Å². The zero-order valence-corrected chi connectivity index (χ0v) is 9.36. The van der Waals surface area contributed by atoms with Gasteiger partial charge in [-0.25, -0.2) is 0 Å². The first-order valence-corrected chi connectivity index (χ1v) is 5.58. The number of nitrogens with one attached hydrogen (secondary N) is 1. The van der Waals surface area contributed by atoms with Crippen molar-refractivity contribution in [2.75, 3.05) is 11.9 Å². The Morgan fingerprint density at radius 3 is 2.87 bits per heavy atom. The van der Waals surface area contributed by atoms with Gasteiger partial charge >= 0.3 is 0 Å². The molecular weight excluding hydrogens is 188 g/mol. The molecule has 3 heteroatoms. The van der Waals surface area contributed by atoms with Gasteiger partial charge in [0.1, 0.15) is 0 Å². The Labute approximate surface area is 90.9 Å². The summed E-state index contributed by atoms with van der Waals surface area (Å²) in [5.74, 6) is 0. The lowest BCUT2D eigenvalue weighted by Crippen LogP contribution is -2.40. The average Bonchev–Trinajstić information content (AvgIpc) is 2.18. The Morgan fingerprint density at radius 1 is 1.47 bits per heavy atom. The smallest absolute Gasteiger partial charge is 0.0614 e. The molecule has 0 spiro atoms. The zero-order valence-electron chi connectivity index (χ0n) is 9.36. The number of hydrogen-bond acceptors (Lipinski definition) is 3. The third kappa shape index (κ3) is 2.69. The van der Waals surface area contributed by atoms with Crippen molar-refractivity contribution in [1.82, 2.24) is 4.98 Å². The normalized spacial score (nSPS) is 24.7. The fourth-order valence-electron chi connectivity index (χ4n) is 1.84. The molecule has 0 aromatic carbocycles. The highest BCUT2D eigenvalue weighted by molar-refractivity contribution is 5.42. The van der Waals surface area contributed by atoms with Crippen LogP contribution in [0.25, 0.3) is 0 Å². The molecule has 1 saturated carbocycles. The molecular formula is C12H18N2O. The van der Waals surface area contributed by atoms with Crippen LogP contribution in [0.3, 0.4) is 0 Å². The molecule has 0 radical (unpaired) electrons. The van der Waals surface area contributed by atoms with E-state index in [0.29, 0.717) is 12.1 Å². The SMILES string of the molecule is CCOC1CC(Nc2ccc(C)nc2)C1. The summed E-state index contributed by atoms with van der Waals surface area (Å²) in [5.41, 5.74) is 2.17. The van der Waals surface area contributed by atoms with E-state index in [2.05, 4.69) is 16.4 Å². The van der Waals surface area contributed by atoms with Crippen LogP contribution in [0.4, 0.5) is 5.69 Å². The van der Waals surface area contributed by atoms with E-state index in [-0.39, 0.29) is 0 Å². The van der Waals surface area contributed by atoms with E-state index < -0.39 is 0 Å². The van der Waals surface area contributed by atoms with Gasteiger partial charge in [0.2, 0.25) is 0 Å². The van der Waals surface area contributed by atoms with E-state index in [1.54, 1.807) is 0 Å². The maximum Gasteiger partial charge on any atom is 0.0614 e. The molecule has 2 rings (SSSR count). The summed E-state index contributed by atoms with van der Waals surface area (Å²) >= 11 is 0. The van der Waals surface area contributed by atoms with E-state index in [4.69, 9.17) is 4.74 Å². The second kappa shape index (κ2) is 4.62. The van der Waals surface area contributed by atoms with Gasteiger partial charge in [-0.15, -0.1) is 0 Å². The number of nitrogens with zero attached hydrogens (tertiary/aromatic N) is 1. The topological polar surface area (TPSA) is 34.1 Å². The summed E-state index contributed by atoms with van der Waals surface area (Å²) in [7, 11) is 0. The molecule has 82 valence electrons. The van der Waals surface area contributed by atoms with Crippen molar-refractivity contribution >= 4 is 5.69 Å². The van der Waals surface area contributed by atoms with Crippen molar-refractivity contribution in [2.24, 2.45) is 0 Å². The second-order valence-electron chi connectivity index (χ2n) is 4.08. The average molecular weight is 206 g/mol. The molecule has 0 atom stereocenters. The molecule has 1 aromatic heterocycles. The van der Waals surface area contributed by atoms with Gasteiger partial charge in [-0.3, -0.25) is 4.98 Å². The van der Waals surface area contributed by atoms with Crippen LogP contribution < -0.4 is 5.32 Å². The fourth-order valence-corrected chi connectivity index (χ4v) is 1.84. The largest absolute Gasteiger partial charge is 0.381 e. The van der Waals surface area contributed by atoms with E-state index in [1.165, 1.54) is 0 Å². The summed E-state index contributed by atoms with van der Waals surface area (Å²) in [6.45, 7) is 4.87. The van der Waals surface area contributed by atoms with Crippen LogP contribution in [0.15, 0.2) is 18.3 Å². The number of aryl methyl sites for hydroxylation is 1. The third-order valence-corrected chi connectivity index (χ3v) is 2.78. The number of ether oxygens (including phenoxy) is 1. The lowest BCUT2D eigenvalue weighted by molar-refractivity contribution is 0.00299. The van der Waals surface area contributed by atoms with Gasteiger partial charge in [0.25, 0.3) is 0 Å². The highest BCUT2D eigenvalue weighted by atomic mass is 16.5. The Balaban J connectivity index is 1.77. The number of pyridine rings is 1. The maximum absolute atomic E-state index is 5.51. The molecule has 0 aliphatic heterocycles. The molecule has 1 aliphatic rings. The summed E-state index contributed by atoms with van der Waals surface area (Å²) in [4.78, 5) is 4.25. The minimum atomic E-state index is 0.464. The van der Waals surface area contributed by atoms with Crippen LogP contribution in [0.5, 0.6) is 0 Å². The van der Waals surface area contributed by atoms with Crippen molar-refractivity contribution in [3.05, 3.63) is 24.0 Å². The molecule has 0 amide bonds. The molecule has 1 fully saturated rings. The van der Waals surface area contributed by atoms with Crippen molar-refractivity contribution < 1.29 is 4.74 Å². The first kappa shape index (κ1) is 10.4. The van der Waals surface area contributed by atoms with Crippen molar-refractivity contribution in [1.29, 1.82) is 0 Å². The third-order valence-electron chi connectivity index (χ3n) is 2.78. The van der Waals surface area contributed by atoms with Crippen LogP contribution >= 0.6 is 0 Å². The molecule has 3 nitrogen and oxygen atoms in total. The summed E-state index contributed by atoms with van der Waals surface area (Å²) in [6.07, 6.45) is 4.58. The van der Waals surface area contributed by atoms with Gasteiger partial charge in [0, 0.05) is 18.3 Å². The quantitative estimate of drug-likeness (QED) is 0.821. The first-order valence-electron chi connectivity index (χ1n) is 5.58. The van der Waals surface area contributed by atoms with Crippen molar-refractivity contribution in [3.63, 3.8) is 0 Å². The minimum Gasteiger partial charge on any atom is -0.381 e. The summed E-state index contributed by atoms with van der Waals surface area (Å²) in [5, 5.41) is 3.45. The number of aromatic nitrogens is 1. The number of rotatable bonds is 4. The van der Waals surface area contributed by atoms with Gasteiger partial charge in [-0.2, -0.15) is 0 Å². The molecule has 1 aromatic rings. The predicted molar refractivity (Wildman–Crippen MR) is 61.0 cm³/mol. The van der Waals surface area contributed by atoms with E-state index >= 15 is 0 Å². The monoisotopic (exact) mass is 206 g/mol. The Hall–Kier alpha value is -1.09. The van der Waals surface area contributed by atoms with E-state index in [0.717, 1.165) is 30.8 Å². The Morgan fingerprint density at radius 2 is 2.27 bits per heavy atom. The van der Waals surface area contributed by atoms with Crippen LogP contribution in [0.1, 0.15) is 25.5 Å². The Bertz CT molecular complexity index is 304. The first-order chi connectivity index (χ1) is 7.28. The zero-order chi connectivity index (χ0) is 10.7. The van der Waals surface area contributed by atoms with E-state index in [9.17, 15) is 0 Å². The molecule has 0 unspecified atom stereocenters.